The number of alkyl halides is 1. The fourth-order valence-corrected chi connectivity index (χ4v) is 1.14. The van der Waals surface area contributed by atoms with Gasteiger partial charge in [-0.3, -0.25) is 0 Å². The predicted molar refractivity (Wildman–Crippen MR) is 51.2 cm³/mol. The SMILES string of the molecule is CCCCC(I)CS. The van der Waals surface area contributed by atoms with Gasteiger partial charge in [-0.25, -0.2) is 0 Å². The molecule has 0 radical (unpaired) electrons. The van der Waals surface area contributed by atoms with Gasteiger partial charge in [0.25, 0.3) is 0 Å². The number of halogens is 1. The van der Waals surface area contributed by atoms with Gasteiger partial charge in [-0.1, -0.05) is 42.4 Å². The molecule has 50 valence electrons. The highest BCUT2D eigenvalue weighted by Crippen LogP contribution is 2.10. The Morgan fingerprint density at radius 1 is 1.62 bits per heavy atom. The van der Waals surface area contributed by atoms with E-state index in [-0.39, 0.29) is 0 Å². The normalized spacial score (nSPS) is 13.9. The second kappa shape index (κ2) is 6.20. The molecule has 0 heterocycles. The molecule has 0 fully saturated rings. The largest absolute Gasteiger partial charge is 0.178 e. The Morgan fingerprint density at radius 2 is 2.25 bits per heavy atom. The van der Waals surface area contributed by atoms with E-state index < -0.39 is 0 Å². The molecule has 0 N–H and O–H groups in total. The van der Waals surface area contributed by atoms with Gasteiger partial charge in [0.15, 0.2) is 0 Å². The molecule has 0 saturated carbocycles. The summed E-state index contributed by atoms with van der Waals surface area (Å²) in [7, 11) is 0. The zero-order valence-corrected chi connectivity index (χ0v) is 8.28. The maximum Gasteiger partial charge on any atom is 0.0198 e. The summed E-state index contributed by atoms with van der Waals surface area (Å²) in [4.78, 5) is 0. The van der Waals surface area contributed by atoms with Crippen molar-refractivity contribution in [3.8, 4) is 0 Å². The molecule has 0 aromatic rings. The summed E-state index contributed by atoms with van der Waals surface area (Å²) < 4.78 is 0.788. The lowest BCUT2D eigenvalue weighted by atomic mass is 10.2. The molecule has 0 rings (SSSR count). The second-order valence-corrected chi connectivity index (χ2v) is 4.05. The molecule has 0 aromatic carbocycles. The van der Waals surface area contributed by atoms with Crippen molar-refractivity contribution < 1.29 is 0 Å². The molecule has 8 heavy (non-hydrogen) atoms. The van der Waals surface area contributed by atoms with Gasteiger partial charge >= 0.3 is 0 Å². The van der Waals surface area contributed by atoms with Crippen molar-refractivity contribution in [1.29, 1.82) is 0 Å². The highest BCUT2D eigenvalue weighted by molar-refractivity contribution is 14.1. The summed E-state index contributed by atoms with van der Waals surface area (Å²) in [5.74, 6) is 1.03. The zero-order chi connectivity index (χ0) is 6.41. The molecule has 1 atom stereocenters. The van der Waals surface area contributed by atoms with Gasteiger partial charge in [0.05, 0.1) is 0 Å². The highest BCUT2D eigenvalue weighted by Gasteiger charge is 1.97. The van der Waals surface area contributed by atoms with Crippen LogP contribution < -0.4 is 0 Å². The quantitative estimate of drug-likeness (QED) is 0.438. The van der Waals surface area contributed by atoms with Crippen LogP contribution in [0.15, 0.2) is 0 Å². The Hall–Kier alpha value is 1.08. The third kappa shape index (κ3) is 5.22. The number of hydrogen-bond donors (Lipinski definition) is 1. The van der Waals surface area contributed by atoms with E-state index in [1.807, 2.05) is 0 Å². The van der Waals surface area contributed by atoms with Crippen molar-refractivity contribution >= 4 is 35.2 Å². The van der Waals surface area contributed by atoms with Crippen molar-refractivity contribution in [1.82, 2.24) is 0 Å². The van der Waals surface area contributed by atoms with Gasteiger partial charge in [-0.15, -0.1) is 0 Å². The molecule has 0 aliphatic heterocycles. The van der Waals surface area contributed by atoms with Crippen LogP contribution in [0.3, 0.4) is 0 Å². The van der Waals surface area contributed by atoms with E-state index in [1.165, 1.54) is 19.3 Å². The van der Waals surface area contributed by atoms with Gasteiger partial charge < -0.3 is 0 Å². The van der Waals surface area contributed by atoms with Crippen LogP contribution in [0.4, 0.5) is 0 Å². The molecule has 0 nitrogen and oxygen atoms in total. The van der Waals surface area contributed by atoms with Crippen molar-refractivity contribution in [3.05, 3.63) is 0 Å². The van der Waals surface area contributed by atoms with Gasteiger partial charge in [-0.05, 0) is 6.42 Å². The van der Waals surface area contributed by atoms with Crippen LogP contribution >= 0.6 is 35.2 Å². The Labute approximate surface area is 71.0 Å². The van der Waals surface area contributed by atoms with Gasteiger partial charge in [0, 0.05) is 9.68 Å². The Balaban J connectivity index is 2.86. The molecular weight excluding hydrogens is 231 g/mol. The standard InChI is InChI=1S/C6H13IS/c1-2-3-4-6(7)5-8/h6,8H,2-5H2,1H3. The third-order valence-electron chi connectivity index (χ3n) is 1.07. The molecule has 0 bridgehead atoms. The van der Waals surface area contributed by atoms with Gasteiger partial charge in [0.2, 0.25) is 0 Å². The highest BCUT2D eigenvalue weighted by atomic mass is 127. The smallest absolute Gasteiger partial charge is 0.0198 e. The first-order valence-electron chi connectivity index (χ1n) is 3.06. The number of rotatable bonds is 4. The lowest BCUT2D eigenvalue weighted by molar-refractivity contribution is 0.730. The average molecular weight is 244 g/mol. The summed E-state index contributed by atoms with van der Waals surface area (Å²) in [6.07, 6.45) is 4.00. The number of hydrogen-bond acceptors (Lipinski definition) is 1. The maximum absolute atomic E-state index is 4.18. The summed E-state index contributed by atoms with van der Waals surface area (Å²) >= 11 is 6.63. The minimum Gasteiger partial charge on any atom is -0.178 e. The summed E-state index contributed by atoms with van der Waals surface area (Å²) in [5, 5.41) is 0. The molecule has 0 aromatic heterocycles. The van der Waals surface area contributed by atoms with E-state index in [0.29, 0.717) is 0 Å². The minimum absolute atomic E-state index is 0.788. The lowest BCUT2D eigenvalue weighted by Crippen LogP contribution is -1.97. The van der Waals surface area contributed by atoms with Crippen molar-refractivity contribution in [3.63, 3.8) is 0 Å². The minimum atomic E-state index is 0.788. The summed E-state index contributed by atoms with van der Waals surface area (Å²) in [6, 6.07) is 0. The number of unbranched alkanes of at least 4 members (excludes halogenated alkanes) is 1. The van der Waals surface area contributed by atoms with Gasteiger partial charge in [-0.2, -0.15) is 12.6 Å². The van der Waals surface area contributed by atoms with Crippen molar-refractivity contribution in [2.75, 3.05) is 5.75 Å². The van der Waals surface area contributed by atoms with E-state index in [9.17, 15) is 0 Å². The molecule has 0 amide bonds. The third-order valence-corrected chi connectivity index (χ3v) is 3.27. The maximum atomic E-state index is 4.18. The first-order valence-corrected chi connectivity index (χ1v) is 4.94. The topological polar surface area (TPSA) is 0 Å². The van der Waals surface area contributed by atoms with Crippen LogP contribution in [0.2, 0.25) is 0 Å². The average Bonchev–Trinajstić information content (AvgIpc) is 1.83. The first kappa shape index (κ1) is 9.08. The molecule has 1 unspecified atom stereocenters. The molecular formula is C6H13IS. The first-order chi connectivity index (χ1) is 3.81. The van der Waals surface area contributed by atoms with E-state index in [1.54, 1.807) is 0 Å². The van der Waals surface area contributed by atoms with Crippen LogP contribution in [-0.4, -0.2) is 9.68 Å². The Morgan fingerprint density at radius 3 is 2.62 bits per heavy atom. The van der Waals surface area contributed by atoms with E-state index in [2.05, 4.69) is 42.1 Å². The molecule has 0 aliphatic carbocycles. The summed E-state index contributed by atoms with van der Waals surface area (Å²) in [6.45, 7) is 2.22. The Bertz CT molecular complexity index is 47.8. The molecule has 2 heteroatoms. The lowest BCUT2D eigenvalue weighted by Gasteiger charge is -2.02. The molecule has 0 aliphatic rings. The van der Waals surface area contributed by atoms with Crippen LogP contribution in [0.5, 0.6) is 0 Å². The monoisotopic (exact) mass is 244 g/mol. The fraction of sp³-hybridized carbons (Fsp3) is 1.00. The van der Waals surface area contributed by atoms with Crippen LogP contribution in [0.1, 0.15) is 26.2 Å². The summed E-state index contributed by atoms with van der Waals surface area (Å²) in [5.41, 5.74) is 0. The van der Waals surface area contributed by atoms with Crippen molar-refractivity contribution in [2.45, 2.75) is 30.1 Å². The van der Waals surface area contributed by atoms with Gasteiger partial charge in [0.1, 0.15) is 0 Å². The second-order valence-electron chi connectivity index (χ2n) is 1.92. The predicted octanol–water partition coefficient (Wildman–Crippen LogP) is 2.91. The Kier molecular flexibility index (Phi) is 7.04. The zero-order valence-electron chi connectivity index (χ0n) is 5.23. The molecule has 0 saturated heterocycles. The molecule has 0 spiro atoms. The van der Waals surface area contributed by atoms with Crippen LogP contribution in [0, 0.1) is 0 Å². The van der Waals surface area contributed by atoms with Crippen LogP contribution in [-0.2, 0) is 0 Å². The van der Waals surface area contributed by atoms with E-state index >= 15 is 0 Å². The van der Waals surface area contributed by atoms with Crippen LogP contribution in [0.25, 0.3) is 0 Å². The van der Waals surface area contributed by atoms with Crippen molar-refractivity contribution in [2.24, 2.45) is 0 Å². The fourth-order valence-electron chi connectivity index (χ4n) is 0.517. The van der Waals surface area contributed by atoms with E-state index in [4.69, 9.17) is 0 Å². The van der Waals surface area contributed by atoms with E-state index in [0.717, 1.165) is 9.68 Å². The number of thiol groups is 1.